The second kappa shape index (κ2) is 5.43. The van der Waals surface area contributed by atoms with Gasteiger partial charge in [0.25, 0.3) is 0 Å². The fourth-order valence-electron chi connectivity index (χ4n) is 2.67. The van der Waals surface area contributed by atoms with Crippen LogP contribution in [0.15, 0.2) is 6.33 Å². The van der Waals surface area contributed by atoms with Crippen LogP contribution in [0.1, 0.15) is 36.6 Å². The molecule has 0 amide bonds. The van der Waals surface area contributed by atoms with Crippen LogP contribution >= 0.6 is 11.3 Å². The Hall–Kier alpha value is -1.20. The first-order valence-electron chi connectivity index (χ1n) is 6.96. The molecule has 0 unspecified atom stereocenters. The summed E-state index contributed by atoms with van der Waals surface area (Å²) in [6, 6.07) is 0.0669. The summed E-state index contributed by atoms with van der Waals surface area (Å²) in [6.45, 7) is 2.20. The van der Waals surface area contributed by atoms with Gasteiger partial charge in [-0.15, -0.1) is 11.3 Å². The second-order valence-electron chi connectivity index (χ2n) is 5.05. The molecular weight excluding hydrogens is 258 g/mol. The molecule has 1 aliphatic rings. The predicted octanol–water partition coefficient (Wildman–Crippen LogP) is 2.75. The van der Waals surface area contributed by atoms with E-state index in [-0.39, 0.29) is 12.6 Å². The number of rotatable bonds is 4. The van der Waals surface area contributed by atoms with Gasteiger partial charge in [-0.25, -0.2) is 9.97 Å². The van der Waals surface area contributed by atoms with Crippen molar-refractivity contribution in [3.63, 3.8) is 0 Å². The molecule has 2 aromatic rings. The van der Waals surface area contributed by atoms with Gasteiger partial charge in [0, 0.05) is 4.88 Å². The standard InChI is InChI=1S/C14H19N3OS/c1-2-9(7-18)17-13-12-10-5-3-4-6-11(10)19-14(12)16-8-15-13/h8-9,18H,2-7H2,1H3,(H,15,16,17)/t9-/m0/s1. The summed E-state index contributed by atoms with van der Waals surface area (Å²) in [6.07, 6.45) is 7.35. The Morgan fingerprint density at radius 1 is 1.37 bits per heavy atom. The molecule has 0 saturated carbocycles. The van der Waals surface area contributed by atoms with Gasteiger partial charge in [0.1, 0.15) is 17.0 Å². The third kappa shape index (κ3) is 2.32. The number of hydrogen-bond donors (Lipinski definition) is 2. The molecule has 2 N–H and O–H groups in total. The molecule has 5 heteroatoms. The van der Waals surface area contributed by atoms with E-state index in [2.05, 4.69) is 22.2 Å². The lowest BCUT2D eigenvalue weighted by Crippen LogP contribution is -2.23. The number of aromatic nitrogens is 2. The van der Waals surface area contributed by atoms with Gasteiger partial charge in [0.05, 0.1) is 18.0 Å². The van der Waals surface area contributed by atoms with Crippen molar-refractivity contribution in [2.45, 2.75) is 45.1 Å². The Balaban J connectivity index is 2.06. The largest absolute Gasteiger partial charge is 0.394 e. The summed E-state index contributed by atoms with van der Waals surface area (Å²) in [7, 11) is 0. The number of nitrogens with one attached hydrogen (secondary N) is 1. The van der Waals surface area contributed by atoms with E-state index >= 15 is 0 Å². The van der Waals surface area contributed by atoms with Crippen LogP contribution < -0.4 is 5.32 Å². The summed E-state index contributed by atoms with van der Waals surface area (Å²) < 4.78 is 0. The highest BCUT2D eigenvalue weighted by molar-refractivity contribution is 7.19. The maximum absolute atomic E-state index is 9.35. The van der Waals surface area contributed by atoms with Crippen molar-refractivity contribution in [1.82, 2.24) is 9.97 Å². The second-order valence-corrected chi connectivity index (χ2v) is 6.13. The van der Waals surface area contributed by atoms with Gasteiger partial charge in [-0.05, 0) is 37.7 Å². The zero-order valence-electron chi connectivity index (χ0n) is 11.1. The number of anilines is 1. The van der Waals surface area contributed by atoms with Gasteiger partial charge in [-0.3, -0.25) is 0 Å². The first kappa shape index (κ1) is 12.8. The topological polar surface area (TPSA) is 58.0 Å². The number of nitrogens with zero attached hydrogens (tertiary/aromatic N) is 2. The summed E-state index contributed by atoms with van der Waals surface area (Å²) in [5, 5.41) is 13.9. The Labute approximate surface area is 116 Å². The zero-order chi connectivity index (χ0) is 13.2. The van der Waals surface area contributed by atoms with Crippen LogP contribution in [0.3, 0.4) is 0 Å². The molecule has 0 bridgehead atoms. The first-order valence-corrected chi connectivity index (χ1v) is 7.77. The minimum Gasteiger partial charge on any atom is -0.394 e. The smallest absolute Gasteiger partial charge is 0.138 e. The highest BCUT2D eigenvalue weighted by Crippen LogP contribution is 2.38. The Kier molecular flexibility index (Phi) is 3.66. The molecule has 4 nitrogen and oxygen atoms in total. The quantitative estimate of drug-likeness (QED) is 0.902. The molecule has 1 atom stereocenters. The van der Waals surface area contributed by atoms with E-state index in [0.29, 0.717) is 0 Å². The molecule has 2 heterocycles. The number of thiophene rings is 1. The lowest BCUT2D eigenvalue weighted by atomic mass is 9.97. The Bertz CT molecular complexity index is 577. The van der Waals surface area contributed by atoms with Crippen LogP contribution in [0.2, 0.25) is 0 Å². The van der Waals surface area contributed by atoms with E-state index in [1.54, 1.807) is 17.7 Å². The molecule has 2 aromatic heterocycles. The summed E-state index contributed by atoms with van der Waals surface area (Å²) in [4.78, 5) is 11.4. The van der Waals surface area contributed by atoms with Gasteiger partial charge in [-0.2, -0.15) is 0 Å². The average Bonchev–Trinajstić information content (AvgIpc) is 2.84. The molecule has 3 rings (SSSR count). The maximum Gasteiger partial charge on any atom is 0.138 e. The van der Waals surface area contributed by atoms with Gasteiger partial charge in [0.15, 0.2) is 0 Å². The van der Waals surface area contributed by atoms with E-state index in [0.717, 1.165) is 23.5 Å². The van der Waals surface area contributed by atoms with Crippen LogP contribution in [0.25, 0.3) is 10.2 Å². The Morgan fingerprint density at radius 3 is 3.00 bits per heavy atom. The highest BCUT2D eigenvalue weighted by Gasteiger charge is 2.20. The zero-order valence-corrected chi connectivity index (χ0v) is 12.0. The van der Waals surface area contributed by atoms with Crippen molar-refractivity contribution in [1.29, 1.82) is 0 Å². The average molecular weight is 277 g/mol. The lowest BCUT2D eigenvalue weighted by molar-refractivity contribution is 0.271. The molecule has 0 aliphatic heterocycles. The fourth-order valence-corrected chi connectivity index (χ4v) is 3.90. The molecule has 0 aromatic carbocycles. The molecule has 0 radical (unpaired) electrons. The molecule has 102 valence electrons. The summed E-state index contributed by atoms with van der Waals surface area (Å²) in [5.74, 6) is 0.894. The fraction of sp³-hybridized carbons (Fsp3) is 0.571. The predicted molar refractivity (Wildman–Crippen MR) is 78.8 cm³/mol. The van der Waals surface area contributed by atoms with E-state index in [9.17, 15) is 5.11 Å². The van der Waals surface area contributed by atoms with Crippen LogP contribution in [0, 0.1) is 0 Å². The number of fused-ring (bicyclic) bond motifs is 3. The third-order valence-corrected chi connectivity index (χ3v) is 5.01. The van der Waals surface area contributed by atoms with Crippen molar-refractivity contribution >= 4 is 27.4 Å². The first-order chi connectivity index (χ1) is 9.33. The number of aryl methyl sites for hydroxylation is 2. The van der Waals surface area contributed by atoms with E-state index in [4.69, 9.17) is 0 Å². The number of aliphatic hydroxyl groups excluding tert-OH is 1. The number of hydrogen-bond acceptors (Lipinski definition) is 5. The van der Waals surface area contributed by atoms with Gasteiger partial charge < -0.3 is 10.4 Å². The molecular formula is C14H19N3OS. The van der Waals surface area contributed by atoms with Crippen molar-refractivity contribution in [2.75, 3.05) is 11.9 Å². The minimum atomic E-state index is 0.0669. The van der Waals surface area contributed by atoms with Crippen molar-refractivity contribution < 1.29 is 5.11 Å². The maximum atomic E-state index is 9.35. The molecule has 0 fully saturated rings. The lowest BCUT2D eigenvalue weighted by Gasteiger charge is -2.16. The van der Waals surface area contributed by atoms with Crippen LogP contribution in [-0.4, -0.2) is 27.7 Å². The monoisotopic (exact) mass is 277 g/mol. The summed E-state index contributed by atoms with van der Waals surface area (Å²) in [5.41, 5.74) is 1.43. The molecule has 0 saturated heterocycles. The van der Waals surface area contributed by atoms with Gasteiger partial charge in [-0.1, -0.05) is 6.92 Å². The van der Waals surface area contributed by atoms with E-state index in [1.165, 1.54) is 35.1 Å². The van der Waals surface area contributed by atoms with Gasteiger partial charge in [0.2, 0.25) is 0 Å². The normalized spacial score (nSPS) is 16.3. The van der Waals surface area contributed by atoms with Gasteiger partial charge >= 0.3 is 0 Å². The van der Waals surface area contributed by atoms with E-state index < -0.39 is 0 Å². The summed E-state index contributed by atoms with van der Waals surface area (Å²) >= 11 is 1.80. The Morgan fingerprint density at radius 2 is 2.21 bits per heavy atom. The molecule has 19 heavy (non-hydrogen) atoms. The van der Waals surface area contributed by atoms with Crippen LogP contribution in [0.5, 0.6) is 0 Å². The third-order valence-electron chi connectivity index (χ3n) is 3.81. The van der Waals surface area contributed by atoms with Crippen LogP contribution in [0.4, 0.5) is 5.82 Å². The van der Waals surface area contributed by atoms with Crippen LogP contribution in [-0.2, 0) is 12.8 Å². The van der Waals surface area contributed by atoms with E-state index in [1.807, 2.05) is 0 Å². The molecule has 1 aliphatic carbocycles. The SMILES string of the molecule is CC[C@@H](CO)Nc1ncnc2sc3c(c12)CCCC3. The molecule has 0 spiro atoms. The minimum absolute atomic E-state index is 0.0669. The van der Waals surface area contributed by atoms with Crippen molar-refractivity contribution in [3.8, 4) is 0 Å². The van der Waals surface area contributed by atoms with Crippen molar-refractivity contribution in [3.05, 3.63) is 16.8 Å². The number of aliphatic hydroxyl groups is 1. The highest BCUT2D eigenvalue weighted by atomic mass is 32.1. The van der Waals surface area contributed by atoms with Crippen molar-refractivity contribution in [2.24, 2.45) is 0 Å².